The average Bonchev–Trinajstić information content (AvgIpc) is 2.73. The summed E-state index contributed by atoms with van der Waals surface area (Å²) < 4.78 is 30.4. The molecule has 12 heteroatoms. The molecule has 0 spiro atoms. The fourth-order valence-electron chi connectivity index (χ4n) is 4.69. The van der Waals surface area contributed by atoms with Crippen LogP contribution in [0.3, 0.4) is 0 Å². The van der Waals surface area contributed by atoms with Crippen LogP contribution < -0.4 is 9.64 Å². The van der Waals surface area contributed by atoms with E-state index < -0.39 is 29.1 Å². The summed E-state index contributed by atoms with van der Waals surface area (Å²) in [6, 6.07) is 2.64. The number of carboxylic acid groups (broad SMARTS) is 1. The molecule has 2 heterocycles. The molecule has 0 aromatic heterocycles. The second-order valence-electron chi connectivity index (χ2n) is 9.48. The van der Waals surface area contributed by atoms with E-state index in [1.165, 1.54) is 17.0 Å². The van der Waals surface area contributed by atoms with Gasteiger partial charge in [-0.05, 0) is 34.2 Å². The van der Waals surface area contributed by atoms with Gasteiger partial charge in [-0.15, -0.1) is 0 Å². The highest BCUT2D eigenvalue weighted by Crippen LogP contribution is 2.40. The number of nitro groups is 1. The number of alkyl halides is 2. The van der Waals surface area contributed by atoms with E-state index in [4.69, 9.17) is 0 Å². The fraction of sp³-hybridized carbons (Fsp3) is 0.667. The van der Waals surface area contributed by atoms with Gasteiger partial charge in [0.25, 0.3) is 0 Å². The predicted octanol–water partition coefficient (Wildman–Crippen LogP) is 4.64. The van der Waals surface area contributed by atoms with Gasteiger partial charge in [0.2, 0.25) is 5.75 Å². The van der Waals surface area contributed by atoms with Crippen molar-refractivity contribution in [1.29, 1.82) is 0 Å². The molecule has 1 unspecified atom stereocenters. The number of anilines is 1. The molecular formula is C21H29BrF2N4O5. The van der Waals surface area contributed by atoms with Gasteiger partial charge < -0.3 is 19.6 Å². The van der Waals surface area contributed by atoms with Crippen LogP contribution in [-0.2, 0) is 0 Å². The van der Waals surface area contributed by atoms with Crippen LogP contribution >= 0.6 is 15.9 Å². The molecular weight excluding hydrogens is 506 g/mol. The number of carbonyl (C=O) groups is 1. The molecule has 2 aliphatic rings. The van der Waals surface area contributed by atoms with E-state index >= 15 is 0 Å². The van der Waals surface area contributed by atoms with E-state index in [2.05, 4.69) is 25.6 Å². The van der Waals surface area contributed by atoms with Crippen molar-refractivity contribution >= 4 is 33.4 Å². The van der Waals surface area contributed by atoms with E-state index in [-0.39, 0.29) is 17.5 Å². The number of benzene rings is 1. The van der Waals surface area contributed by atoms with Crippen molar-refractivity contribution in [3.8, 4) is 5.75 Å². The fourth-order valence-corrected chi connectivity index (χ4v) is 5.27. The van der Waals surface area contributed by atoms with Crippen molar-refractivity contribution in [2.45, 2.75) is 52.3 Å². The number of nitrogens with zero attached hydrogens (tertiary/aromatic N) is 4. The molecule has 1 aromatic carbocycles. The number of ether oxygens (including phenoxy) is 1. The Bertz CT molecular complexity index is 890. The van der Waals surface area contributed by atoms with Crippen LogP contribution in [0, 0.1) is 15.5 Å². The van der Waals surface area contributed by atoms with E-state index in [1.54, 1.807) is 0 Å². The van der Waals surface area contributed by atoms with Crippen molar-refractivity contribution in [3.63, 3.8) is 0 Å². The first kappa shape index (κ1) is 25.4. The third-order valence-electron chi connectivity index (χ3n) is 6.42. The Morgan fingerprint density at radius 2 is 1.88 bits per heavy atom. The monoisotopic (exact) mass is 534 g/mol. The number of piperidine rings is 1. The first-order valence-corrected chi connectivity index (χ1v) is 11.6. The summed E-state index contributed by atoms with van der Waals surface area (Å²) >= 11 is 3.33. The predicted molar refractivity (Wildman–Crippen MR) is 122 cm³/mol. The number of halogens is 3. The number of rotatable bonds is 5. The molecule has 3 rings (SSSR count). The van der Waals surface area contributed by atoms with Crippen LogP contribution in [0.1, 0.15) is 33.6 Å². The second kappa shape index (κ2) is 9.96. The van der Waals surface area contributed by atoms with Crippen molar-refractivity contribution in [2.24, 2.45) is 5.41 Å². The largest absolute Gasteiger partial charge is 0.465 e. The molecule has 1 amide bonds. The maximum Gasteiger partial charge on any atom is 0.407 e. The quantitative estimate of drug-likeness (QED) is 0.433. The maximum atomic E-state index is 12.8. The molecule has 2 fully saturated rings. The van der Waals surface area contributed by atoms with Crippen molar-refractivity contribution in [1.82, 2.24) is 9.80 Å². The molecule has 9 nitrogen and oxygen atoms in total. The smallest absolute Gasteiger partial charge is 0.407 e. The minimum atomic E-state index is -3.16. The van der Waals surface area contributed by atoms with E-state index in [1.807, 2.05) is 25.7 Å². The van der Waals surface area contributed by atoms with Crippen LogP contribution in [0.4, 0.5) is 25.0 Å². The molecule has 1 aromatic rings. The zero-order valence-electron chi connectivity index (χ0n) is 18.8. The van der Waals surface area contributed by atoms with Gasteiger partial charge in [0.1, 0.15) is 0 Å². The number of amides is 1. The SMILES string of the molecule is CC(C)(C)C1CN(C2CCN(c3cc(OC(F)F)c([N+](=O)[O-])cc3Br)CC2)CCN1C(=O)O. The molecule has 33 heavy (non-hydrogen) atoms. The van der Waals surface area contributed by atoms with Crippen molar-refractivity contribution in [2.75, 3.05) is 37.6 Å². The van der Waals surface area contributed by atoms with Gasteiger partial charge in [0, 0.05) is 55.4 Å². The summed E-state index contributed by atoms with van der Waals surface area (Å²) in [7, 11) is 0. The van der Waals surface area contributed by atoms with Gasteiger partial charge in [-0.1, -0.05) is 20.8 Å². The Hall–Kier alpha value is -2.21. The highest BCUT2D eigenvalue weighted by Gasteiger charge is 2.40. The Morgan fingerprint density at radius 1 is 1.24 bits per heavy atom. The number of nitro benzene ring substituents is 1. The minimum absolute atomic E-state index is 0.111. The van der Waals surface area contributed by atoms with Gasteiger partial charge in [-0.2, -0.15) is 8.78 Å². The topological polar surface area (TPSA) is 99.4 Å². The average molecular weight is 535 g/mol. The summed E-state index contributed by atoms with van der Waals surface area (Å²) in [4.78, 5) is 28.0. The molecule has 184 valence electrons. The van der Waals surface area contributed by atoms with E-state index in [9.17, 15) is 28.8 Å². The highest BCUT2D eigenvalue weighted by atomic mass is 79.9. The van der Waals surface area contributed by atoms with Gasteiger partial charge >= 0.3 is 18.4 Å². The molecule has 0 aliphatic carbocycles. The zero-order valence-corrected chi connectivity index (χ0v) is 20.4. The summed E-state index contributed by atoms with van der Waals surface area (Å²) in [5, 5.41) is 20.8. The first-order valence-electron chi connectivity index (χ1n) is 10.8. The zero-order chi connectivity index (χ0) is 24.5. The van der Waals surface area contributed by atoms with Crippen LogP contribution in [0.15, 0.2) is 16.6 Å². The molecule has 0 bridgehead atoms. The lowest BCUT2D eigenvalue weighted by Crippen LogP contribution is -2.62. The molecule has 2 aliphatic heterocycles. The number of hydrogen-bond acceptors (Lipinski definition) is 6. The Balaban J connectivity index is 1.71. The third-order valence-corrected chi connectivity index (χ3v) is 7.06. The summed E-state index contributed by atoms with van der Waals surface area (Å²) in [5.41, 5.74) is -0.147. The lowest BCUT2D eigenvalue weighted by molar-refractivity contribution is -0.386. The van der Waals surface area contributed by atoms with Gasteiger partial charge in [0.15, 0.2) is 0 Å². The third kappa shape index (κ3) is 5.84. The number of piperazine rings is 1. The molecule has 1 N–H and O–H groups in total. The van der Waals surface area contributed by atoms with Crippen molar-refractivity contribution in [3.05, 3.63) is 26.7 Å². The summed E-state index contributed by atoms with van der Waals surface area (Å²) in [6.07, 6.45) is 0.714. The highest BCUT2D eigenvalue weighted by molar-refractivity contribution is 9.10. The Kier molecular flexibility index (Phi) is 7.67. The summed E-state index contributed by atoms with van der Waals surface area (Å²) in [6.45, 7) is 6.03. The second-order valence-corrected chi connectivity index (χ2v) is 10.3. The molecule has 0 saturated carbocycles. The lowest BCUT2D eigenvalue weighted by atomic mass is 9.83. The Morgan fingerprint density at radius 3 is 2.39 bits per heavy atom. The molecule has 1 atom stereocenters. The maximum absolute atomic E-state index is 12.8. The van der Waals surface area contributed by atoms with Crippen LogP contribution in [-0.4, -0.2) is 77.3 Å². The summed E-state index contributed by atoms with van der Waals surface area (Å²) in [5.74, 6) is -0.465. The van der Waals surface area contributed by atoms with Crippen molar-refractivity contribution < 1.29 is 28.3 Å². The minimum Gasteiger partial charge on any atom is -0.465 e. The lowest BCUT2D eigenvalue weighted by Gasteiger charge is -2.49. The normalized spacial score (nSPS) is 20.9. The van der Waals surface area contributed by atoms with Gasteiger partial charge in [-0.25, -0.2) is 4.79 Å². The standard InChI is InChI=1S/C21H29BrF2N4O5/c1-21(2,3)18-12-26(8-9-27(18)20(29)30)13-4-6-25(7-5-13)15-11-17(33-19(23)24)16(28(31)32)10-14(15)22/h10-11,13,18-19H,4-9,12H2,1-3H3,(H,29,30). The van der Waals surface area contributed by atoms with E-state index in [0.717, 1.165) is 12.8 Å². The molecule has 0 radical (unpaired) electrons. The van der Waals surface area contributed by atoms with Gasteiger partial charge in [0.05, 0.1) is 16.7 Å². The van der Waals surface area contributed by atoms with Gasteiger partial charge in [-0.3, -0.25) is 15.0 Å². The van der Waals surface area contributed by atoms with Crippen LogP contribution in [0.2, 0.25) is 0 Å². The van der Waals surface area contributed by atoms with Crippen LogP contribution in [0.25, 0.3) is 0 Å². The van der Waals surface area contributed by atoms with E-state index in [0.29, 0.717) is 42.9 Å². The number of hydrogen-bond donors (Lipinski definition) is 1. The Labute approximate surface area is 199 Å². The van der Waals surface area contributed by atoms with Crippen LogP contribution in [0.5, 0.6) is 5.75 Å². The first-order chi connectivity index (χ1) is 15.4. The molecule has 2 saturated heterocycles.